The van der Waals surface area contributed by atoms with Crippen LogP contribution in [0.1, 0.15) is 44.9 Å². The van der Waals surface area contributed by atoms with Gasteiger partial charge in [-0.2, -0.15) is 0 Å². The maximum absolute atomic E-state index is 9.34. The number of hydrogen-bond acceptors (Lipinski definition) is 2. The third-order valence-corrected chi connectivity index (χ3v) is 4.13. The Morgan fingerprint density at radius 1 is 1.19 bits per heavy atom. The van der Waals surface area contributed by atoms with E-state index in [1.807, 2.05) is 0 Å². The summed E-state index contributed by atoms with van der Waals surface area (Å²) in [6.07, 6.45) is 8.63. The molecule has 1 aliphatic heterocycles. The third kappa shape index (κ3) is 2.86. The van der Waals surface area contributed by atoms with Crippen molar-refractivity contribution in [2.24, 2.45) is 0 Å². The first-order valence-corrected chi connectivity index (χ1v) is 6.90. The summed E-state index contributed by atoms with van der Waals surface area (Å²) in [6.45, 7) is 1.23. The molecule has 0 spiro atoms. The highest BCUT2D eigenvalue weighted by Crippen LogP contribution is 2.20. The van der Waals surface area contributed by atoms with E-state index in [4.69, 9.17) is 12.2 Å². The van der Waals surface area contributed by atoms with Crippen molar-refractivity contribution in [3.8, 4) is 0 Å². The van der Waals surface area contributed by atoms with E-state index in [0.717, 1.165) is 18.1 Å². The molecular weight excluding hydrogens is 220 g/mol. The van der Waals surface area contributed by atoms with Crippen LogP contribution in [-0.4, -0.2) is 40.4 Å². The van der Waals surface area contributed by atoms with Gasteiger partial charge in [-0.05, 0) is 44.3 Å². The number of hydrogen-bond donors (Lipinski definition) is 2. The molecule has 1 saturated heterocycles. The zero-order valence-electron chi connectivity index (χ0n) is 9.82. The second-order valence-corrected chi connectivity index (χ2v) is 5.34. The number of rotatable bonds is 2. The highest BCUT2D eigenvalue weighted by atomic mass is 32.1. The molecule has 1 heterocycles. The quantitative estimate of drug-likeness (QED) is 0.722. The Balaban J connectivity index is 1.86. The first kappa shape index (κ1) is 12.1. The molecular formula is C12H22N2OS. The van der Waals surface area contributed by atoms with Crippen LogP contribution in [0, 0.1) is 0 Å². The number of likely N-dealkylation sites (tertiary alicyclic amines) is 1. The minimum atomic E-state index is 0.229. The SMILES string of the molecule is OC[C@H]1CCCCN1C(=S)NC1CCCC1. The van der Waals surface area contributed by atoms with Crippen LogP contribution in [0.5, 0.6) is 0 Å². The van der Waals surface area contributed by atoms with Crippen LogP contribution in [0.25, 0.3) is 0 Å². The molecule has 0 aromatic carbocycles. The summed E-state index contributed by atoms with van der Waals surface area (Å²) in [5.74, 6) is 0. The summed E-state index contributed by atoms with van der Waals surface area (Å²) in [5, 5.41) is 13.7. The largest absolute Gasteiger partial charge is 0.394 e. The Kier molecular flexibility index (Phi) is 4.41. The van der Waals surface area contributed by atoms with E-state index in [0.29, 0.717) is 6.04 Å². The zero-order chi connectivity index (χ0) is 11.4. The third-order valence-electron chi connectivity index (χ3n) is 3.78. The van der Waals surface area contributed by atoms with Crippen LogP contribution < -0.4 is 5.32 Å². The molecule has 0 unspecified atom stereocenters. The van der Waals surface area contributed by atoms with Crippen LogP contribution in [0.3, 0.4) is 0 Å². The van der Waals surface area contributed by atoms with E-state index in [-0.39, 0.29) is 12.6 Å². The van der Waals surface area contributed by atoms with E-state index >= 15 is 0 Å². The maximum atomic E-state index is 9.34. The van der Waals surface area contributed by atoms with Crippen LogP contribution in [0.15, 0.2) is 0 Å². The fraction of sp³-hybridized carbons (Fsp3) is 0.917. The molecule has 2 fully saturated rings. The lowest BCUT2D eigenvalue weighted by atomic mass is 10.0. The average molecular weight is 242 g/mol. The van der Waals surface area contributed by atoms with Crippen molar-refractivity contribution in [3.63, 3.8) is 0 Å². The van der Waals surface area contributed by atoms with E-state index in [2.05, 4.69) is 10.2 Å². The number of piperidine rings is 1. The maximum Gasteiger partial charge on any atom is 0.169 e. The van der Waals surface area contributed by atoms with Gasteiger partial charge in [-0.1, -0.05) is 12.8 Å². The summed E-state index contributed by atoms with van der Waals surface area (Å²) in [6, 6.07) is 0.823. The number of thiocarbonyl (C=S) groups is 1. The van der Waals surface area contributed by atoms with Crippen LogP contribution in [0.4, 0.5) is 0 Å². The van der Waals surface area contributed by atoms with E-state index < -0.39 is 0 Å². The van der Waals surface area contributed by atoms with Crippen LogP contribution >= 0.6 is 12.2 Å². The molecule has 3 nitrogen and oxygen atoms in total. The summed E-state index contributed by atoms with van der Waals surface area (Å²) in [7, 11) is 0. The highest BCUT2D eigenvalue weighted by Gasteiger charge is 2.25. The van der Waals surface area contributed by atoms with Gasteiger partial charge in [0.25, 0.3) is 0 Å². The topological polar surface area (TPSA) is 35.5 Å². The number of aliphatic hydroxyl groups excluding tert-OH is 1. The summed E-state index contributed by atoms with van der Waals surface area (Å²) < 4.78 is 0. The number of aliphatic hydroxyl groups is 1. The molecule has 1 atom stereocenters. The lowest BCUT2D eigenvalue weighted by Gasteiger charge is -2.37. The number of nitrogens with zero attached hydrogens (tertiary/aromatic N) is 1. The second-order valence-electron chi connectivity index (χ2n) is 4.96. The molecule has 2 N–H and O–H groups in total. The molecule has 4 heteroatoms. The van der Waals surface area contributed by atoms with Crippen molar-refractivity contribution in [1.82, 2.24) is 10.2 Å². The van der Waals surface area contributed by atoms with Gasteiger partial charge >= 0.3 is 0 Å². The van der Waals surface area contributed by atoms with Crippen molar-refractivity contribution in [3.05, 3.63) is 0 Å². The molecule has 2 aliphatic rings. The van der Waals surface area contributed by atoms with E-state index in [9.17, 15) is 5.11 Å². The van der Waals surface area contributed by atoms with Gasteiger partial charge in [0.15, 0.2) is 5.11 Å². The van der Waals surface area contributed by atoms with Gasteiger partial charge in [0.1, 0.15) is 0 Å². The van der Waals surface area contributed by atoms with Gasteiger partial charge in [0.05, 0.1) is 12.6 Å². The molecule has 1 aliphatic carbocycles. The monoisotopic (exact) mass is 242 g/mol. The Hall–Kier alpha value is -0.350. The molecule has 0 aromatic heterocycles. The minimum absolute atomic E-state index is 0.229. The Bertz CT molecular complexity index is 241. The van der Waals surface area contributed by atoms with Gasteiger partial charge in [-0.3, -0.25) is 0 Å². The highest BCUT2D eigenvalue weighted by molar-refractivity contribution is 7.80. The first-order valence-electron chi connectivity index (χ1n) is 6.49. The van der Waals surface area contributed by atoms with Crippen molar-refractivity contribution in [2.75, 3.05) is 13.2 Å². The van der Waals surface area contributed by atoms with Crippen molar-refractivity contribution in [1.29, 1.82) is 0 Å². The molecule has 0 bridgehead atoms. The van der Waals surface area contributed by atoms with Crippen molar-refractivity contribution >= 4 is 17.3 Å². The van der Waals surface area contributed by atoms with Crippen molar-refractivity contribution in [2.45, 2.75) is 57.0 Å². The summed E-state index contributed by atoms with van der Waals surface area (Å²) in [4.78, 5) is 2.19. The first-order chi connectivity index (χ1) is 7.81. The normalized spacial score (nSPS) is 27.1. The number of nitrogens with one attached hydrogen (secondary N) is 1. The molecule has 0 radical (unpaired) electrons. The second kappa shape index (κ2) is 5.82. The van der Waals surface area contributed by atoms with Crippen LogP contribution in [-0.2, 0) is 0 Å². The van der Waals surface area contributed by atoms with Crippen LogP contribution in [0.2, 0.25) is 0 Å². The Morgan fingerprint density at radius 2 is 1.88 bits per heavy atom. The Labute approximate surface area is 103 Å². The lowest BCUT2D eigenvalue weighted by Crippen LogP contribution is -2.51. The van der Waals surface area contributed by atoms with Gasteiger partial charge in [0, 0.05) is 12.6 Å². The zero-order valence-corrected chi connectivity index (χ0v) is 10.6. The summed E-state index contributed by atoms with van der Waals surface area (Å²) in [5.41, 5.74) is 0. The lowest BCUT2D eigenvalue weighted by molar-refractivity contribution is 0.145. The molecule has 1 saturated carbocycles. The minimum Gasteiger partial charge on any atom is -0.394 e. The van der Waals surface area contributed by atoms with Gasteiger partial charge < -0.3 is 15.3 Å². The molecule has 92 valence electrons. The molecule has 0 aromatic rings. The summed E-state index contributed by atoms with van der Waals surface area (Å²) >= 11 is 5.46. The fourth-order valence-corrected chi connectivity index (χ4v) is 3.19. The average Bonchev–Trinajstić information content (AvgIpc) is 2.81. The van der Waals surface area contributed by atoms with E-state index in [1.165, 1.54) is 38.5 Å². The predicted molar refractivity (Wildman–Crippen MR) is 69.4 cm³/mol. The van der Waals surface area contributed by atoms with Gasteiger partial charge in [-0.25, -0.2) is 0 Å². The molecule has 2 rings (SSSR count). The molecule has 16 heavy (non-hydrogen) atoms. The standard InChI is InChI=1S/C12H22N2OS/c15-9-11-7-3-4-8-14(11)12(16)13-10-5-1-2-6-10/h10-11,15H,1-9H2,(H,13,16)/t11-/m1/s1. The smallest absolute Gasteiger partial charge is 0.169 e. The fourth-order valence-electron chi connectivity index (χ4n) is 2.79. The predicted octanol–water partition coefficient (Wildman–Crippen LogP) is 1.65. The van der Waals surface area contributed by atoms with E-state index in [1.54, 1.807) is 0 Å². The van der Waals surface area contributed by atoms with Gasteiger partial charge in [0.2, 0.25) is 0 Å². The molecule has 0 amide bonds. The Morgan fingerprint density at radius 3 is 2.56 bits per heavy atom. The van der Waals surface area contributed by atoms with Crippen molar-refractivity contribution < 1.29 is 5.11 Å². The van der Waals surface area contributed by atoms with Gasteiger partial charge in [-0.15, -0.1) is 0 Å².